The number of aliphatic hydroxyl groups is 1. The maximum absolute atomic E-state index is 13.6. The molecule has 2 saturated heterocycles. The van der Waals surface area contributed by atoms with Gasteiger partial charge in [-0.1, -0.05) is 49.4 Å². The van der Waals surface area contributed by atoms with Crippen molar-refractivity contribution < 1.29 is 14.8 Å². The number of nitro groups is 1. The van der Waals surface area contributed by atoms with Crippen molar-refractivity contribution in [2.45, 2.75) is 49.2 Å². The van der Waals surface area contributed by atoms with Crippen LogP contribution in [-0.4, -0.2) is 45.6 Å². The molecule has 1 spiro atoms. The van der Waals surface area contributed by atoms with Gasteiger partial charge < -0.3 is 10.4 Å². The molecule has 0 radical (unpaired) electrons. The van der Waals surface area contributed by atoms with E-state index in [1.807, 2.05) is 35.2 Å². The van der Waals surface area contributed by atoms with Gasteiger partial charge in [0.25, 0.3) is 11.4 Å². The third kappa shape index (κ3) is 2.09. The zero-order valence-electron chi connectivity index (χ0n) is 16.9. The van der Waals surface area contributed by atoms with Crippen molar-refractivity contribution in [3.05, 3.63) is 75.3 Å². The molecule has 3 aliphatic heterocycles. The van der Waals surface area contributed by atoms with E-state index in [-0.39, 0.29) is 11.0 Å². The molecule has 0 aromatic heterocycles. The molecule has 1 amide bonds. The largest absolute Gasteiger partial charge is 0.389 e. The van der Waals surface area contributed by atoms with Gasteiger partial charge in [0.1, 0.15) is 6.61 Å². The Balaban J connectivity index is 1.81. The SMILES string of the molecule is CCc1ccc([C@@H]2[C@H]3CCCN3C3(C(=O)Nc4ccccc43)[C@@]2(CO)[N+](=O)[O-])cc1. The third-order valence-electron chi connectivity index (χ3n) is 7.46. The average molecular weight is 407 g/mol. The highest BCUT2D eigenvalue weighted by molar-refractivity contribution is 6.07. The molecule has 0 saturated carbocycles. The predicted octanol–water partition coefficient (Wildman–Crippen LogP) is 2.67. The number of hydrogen-bond donors (Lipinski definition) is 2. The first-order valence-corrected chi connectivity index (χ1v) is 10.5. The fourth-order valence-corrected chi connectivity index (χ4v) is 6.28. The summed E-state index contributed by atoms with van der Waals surface area (Å²) in [7, 11) is 0. The zero-order chi connectivity index (χ0) is 21.1. The number of rotatable bonds is 4. The van der Waals surface area contributed by atoms with Crippen LogP contribution in [0.25, 0.3) is 0 Å². The molecule has 0 aliphatic carbocycles. The summed E-state index contributed by atoms with van der Waals surface area (Å²) < 4.78 is 0. The standard InChI is InChI=1S/C23H25N3O4/c1-2-15-9-11-16(12-10-15)20-19-8-5-13-25(19)23(22(20,14-27)26(29)30)17-6-3-4-7-18(17)24-21(23)28/h3-4,6-7,9-12,19-20,27H,2,5,8,13-14H2,1H3,(H,24,28)/t19-,20-,22+,23?/m1/s1. The van der Waals surface area contributed by atoms with E-state index >= 15 is 0 Å². The summed E-state index contributed by atoms with van der Waals surface area (Å²) in [4.78, 5) is 28.1. The normalized spacial score (nSPS) is 32.3. The number of benzene rings is 2. The number of nitrogens with one attached hydrogen (secondary N) is 1. The van der Waals surface area contributed by atoms with Crippen molar-refractivity contribution >= 4 is 11.6 Å². The van der Waals surface area contributed by atoms with Crippen molar-refractivity contribution in [2.24, 2.45) is 0 Å². The molecule has 7 nitrogen and oxygen atoms in total. The Kier molecular flexibility index (Phi) is 4.24. The molecule has 5 rings (SSSR count). The first kappa shape index (κ1) is 19.2. The van der Waals surface area contributed by atoms with E-state index in [1.165, 1.54) is 0 Å². The molecule has 4 atom stereocenters. The molecule has 2 aromatic rings. The van der Waals surface area contributed by atoms with Crippen LogP contribution in [-0.2, 0) is 16.8 Å². The van der Waals surface area contributed by atoms with E-state index in [0.29, 0.717) is 17.8 Å². The van der Waals surface area contributed by atoms with E-state index in [1.54, 1.807) is 18.2 Å². The van der Waals surface area contributed by atoms with E-state index in [4.69, 9.17) is 0 Å². The van der Waals surface area contributed by atoms with Crippen LogP contribution in [0, 0.1) is 10.1 Å². The molecule has 7 heteroatoms. The van der Waals surface area contributed by atoms with Gasteiger partial charge in [0.2, 0.25) is 5.54 Å². The fourth-order valence-electron chi connectivity index (χ4n) is 6.28. The van der Waals surface area contributed by atoms with Gasteiger partial charge in [-0.15, -0.1) is 0 Å². The summed E-state index contributed by atoms with van der Waals surface area (Å²) >= 11 is 0. The highest BCUT2D eigenvalue weighted by atomic mass is 16.6. The molecular weight excluding hydrogens is 382 g/mol. The van der Waals surface area contributed by atoms with Crippen LogP contribution in [0.2, 0.25) is 0 Å². The van der Waals surface area contributed by atoms with Gasteiger partial charge in [-0.3, -0.25) is 19.8 Å². The topological polar surface area (TPSA) is 95.7 Å². The number of para-hydroxylation sites is 1. The summed E-state index contributed by atoms with van der Waals surface area (Å²) in [5.41, 5.74) is -0.256. The maximum Gasteiger partial charge on any atom is 0.284 e. The summed E-state index contributed by atoms with van der Waals surface area (Å²) in [5.74, 6) is -1.00. The molecule has 1 unspecified atom stereocenters. The van der Waals surface area contributed by atoms with Crippen molar-refractivity contribution in [3.8, 4) is 0 Å². The minimum absolute atomic E-state index is 0.188. The number of fused-ring (bicyclic) bond motifs is 4. The van der Waals surface area contributed by atoms with Gasteiger partial charge in [-0.05, 0) is 36.5 Å². The number of amides is 1. The van der Waals surface area contributed by atoms with Crippen LogP contribution in [0.3, 0.4) is 0 Å². The Morgan fingerprint density at radius 3 is 2.63 bits per heavy atom. The van der Waals surface area contributed by atoms with Crippen molar-refractivity contribution in [2.75, 3.05) is 18.5 Å². The van der Waals surface area contributed by atoms with Gasteiger partial charge in [0.15, 0.2) is 0 Å². The number of carbonyl (C=O) groups excluding carboxylic acids is 1. The van der Waals surface area contributed by atoms with Crippen LogP contribution < -0.4 is 5.32 Å². The number of aryl methyl sites for hydroxylation is 1. The molecule has 2 aromatic carbocycles. The van der Waals surface area contributed by atoms with Crippen LogP contribution in [0.1, 0.15) is 42.4 Å². The van der Waals surface area contributed by atoms with Gasteiger partial charge in [0.05, 0.1) is 5.92 Å². The number of nitrogens with zero attached hydrogens (tertiary/aromatic N) is 2. The zero-order valence-corrected chi connectivity index (χ0v) is 16.9. The van der Waals surface area contributed by atoms with E-state index in [9.17, 15) is 20.0 Å². The average Bonchev–Trinajstić information content (AvgIpc) is 3.40. The summed E-state index contributed by atoms with van der Waals surface area (Å²) in [6, 6.07) is 14.8. The fraction of sp³-hybridized carbons (Fsp3) is 0.435. The Morgan fingerprint density at radius 1 is 1.23 bits per heavy atom. The number of carbonyl (C=O) groups is 1. The predicted molar refractivity (Wildman–Crippen MR) is 112 cm³/mol. The highest BCUT2D eigenvalue weighted by Gasteiger charge is 2.82. The van der Waals surface area contributed by atoms with Gasteiger partial charge in [-0.25, -0.2) is 0 Å². The Bertz CT molecular complexity index is 1020. The molecule has 2 fully saturated rings. The molecule has 0 bridgehead atoms. The lowest BCUT2D eigenvalue weighted by Gasteiger charge is -2.39. The first-order chi connectivity index (χ1) is 14.5. The summed E-state index contributed by atoms with van der Waals surface area (Å²) in [6.45, 7) is 1.94. The molecule has 30 heavy (non-hydrogen) atoms. The molecule has 3 aliphatic rings. The Hall–Kier alpha value is -2.77. The van der Waals surface area contributed by atoms with E-state index in [2.05, 4.69) is 12.2 Å². The molecule has 3 heterocycles. The second kappa shape index (κ2) is 6.62. The summed E-state index contributed by atoms with van der Waals surface area (Å²) in [6.07, 6.45) is 2.50. The third-order valence-corrected chi connectivity index (χ3v) is 7.46. The lowest BCUT2D eigenvalue weighted by Crippen LogP contribution is -2.66. The molecule has 156 valence electrons. The van der Waals surface area contributed by atoms with Crippen molar-refractivity contribution in [1.82, 2.24) is 4.90 Å². The number of aliphatic hydroxyl groups excluding tert-OH is 1. The van der Waals surface area contributed by atoms with Crippen LogP contribution in [0.4, 0.5) is 5.69 Å². The Labute approximate surface area is 174 Å². The second-order valence-electron chi connectivity index (χ2n) is 8.53. The van der Waals surface area contributed by atoms with Crippen molar-refractivity contribution in [3.63, 3.8) is 0 Å². The first-order valence-electron chi connectivity index (χ1n) is 10.5. The van der Waals surface area contributed by atoms with E-state index < -0.39 is 29.5 Å². The highest BCUT2D eigenvalue weighted by Crippen LogP contribution is 2.63. The second-order valence-corrected chi connectivity index (χ2v) is 8.53. The van der Waals surface area contributed by atoms with Gasteiger partial charge in [0, 0.05) is 28.8 Å². The van der Waals surface area contributed by atoms with Gasteiger partial charge >= 0.3 is 0 Å². The van der Waals surface area contributed by atoms with E-state index in [0.717, 1.165) is 30.4 Å². The lowest BCUT2D eigenvalue weighted by molar-refractivity contribution is -0.587. The Morgan fingerprint density at radius 2 is 1.97 bits per heavy atom. The smallest absolute Gasteiger partial charge is 0.284 e. The monoisotopic (exact) mass is 407 g/mol. The minimum Gasteiger partial charge on any atom is -0.389 e. The molecular formula is C23H25N3O4. The van der Waals surface area contributed by atoms with Gasteiger partial charge in [-0.2, -0.15) is 0 Å². The van der Waals surface area contributed by atoms with Crippen molar-refractivity contribution in [1.29, 1.82) is 0 Å². The number of anilines is 1. The van der Waals surface area contributed by atoms with Crippen LogP contribution >= 0.6 is 0 Å². The quantitative estimate of drug-likeness (QED) is 0.600. The number of hydrogen-bond acceptors (Lipinski definition) is 5. The minimum atomic E-state index is -1.87. The van der Waals surface area contributed by atoms with Crippen LogP contribution in [0.15, 0.2) is 48.5 Å². The lowest BCUT2D eigenvalue weighted by atomic mass is 9.66. The summed E-state index contributed by atoms with van der Waals surface area (Å²) in [5, 5.41) is 26.4. The maximum atomic E-state index is 13.6. The molecule has 2 N–H and O–H groups in total. The van der Waals surface area contributed by atoms with Crippen LogP contribution in [0.5, 0.6) is 0 Å².